The molecule has 0 aliphatic heterocycles. The molecular formula is C14H29O2Si. The number of carbonyl (C=O) groups is 1. The number of unbranched alkanes of at least 4 members (excludes halogenated alkanes) is 6. The normalized spacial score (nSPS) is 12.8. The van der Waals surface area contributed by atoms with Gasteiger partial charge in [0.25, 0.3) is 0 Å². The number of hydrogen-bond donors (Lipinski definition) is 0. The molecule has 0 aromatic carbocycles. The maximum Gasteiger partial charge on any atom is 0.305 e. The number of ether oxygens (including phenoxy) is 1. The van der Waals surface area contributed by atoms with Gasteiger partial charge in [0.05, 0.1) is 15.9 Å². The summed E-state index contributed by atoms with van der Waals surface area (Å²) in [7, 11) is 0.945. The first kappa shape index (κ1) is 16.7. The molecule has 0 rings (SSSR count). The van der Waals surface area contributed by atoms with Crippen LogP contribution < -0.4 is 0 Å². The Morgan fingerprint density at radius 3 is 2.06 bits per heavy atom. The summed E-state index contributed by atoms with van der Waals surface area (Å²) in [5.41, 5.74) is 0.195. The summed E-state index contributed by atoms with van der Waals surface area (Å²) in [5, 5.41) is 0. The fraction of sp³-hybridized carbons (Fsp3) is 0.929. The van der Waals surface area contributed by atoms with Crippen LogP contribution in [0, 0.1) is 0 Å². The van der Waals surface area contributed by atoms with E-state index in [4.69, 9.17) is 4.74 Å². The van der Waals surface area contributed by atoms with Gasteiger partial charge in [-0.05, 0) is 6.42 Å². The van der Waals surface area contributed by atoms with Gasteiger partial charge in [-0.1, -0.05) is 65.0 Å². The van der Waals surface area contributed by atoms with Crippen LogP contribution in [-0.2, 0) is 9.53 Å². The Bertz CT molecular complexity index is 193. The molecule has 2 nitrogen and oxygen atoms in total. The first-order chi connectivity index (χ1) is 8.13. The van der Waals surface area contributed by atoms with Crippen molar-refractivity contribution in [3.8, 4) is 0 Å². The van der Waals surface area contributed by atoms with Crippen LogP contribution in [0.15, 0.2) is 0 Å². The molecule has 0 saturated heterocycles. The van der Waals surface area contributed by atoms with E-state index in [1.807, 2.05) is 0 Å². The first-order valence-electron chi connectivity index (χ1n) is 7.01. The van der Waals surface area contributed by atoms with Crippen LogP contribution in [0.4, 0.5) is 0 Å². The molecule has 0 heterocycles. The molecule has 0 saturated carbocycles. The van der Waals surface area contributed by atoms with Gasteiger partial charge >= 0.3 is 5.97 Å². The lowest BCUT2D eigenvalue weighted by Gasteiger charge is -2.16. The number of rotatable bonds is 10. The highest BCUT2D eigenvalue weighted by Crippen LogP contribution is 2.21. The Hall–Kier alpha value is -0.313. The smallest absolute Gasteiger partial charge is 0.305 e. The van der Waals surface area contributed by atoms with E-state index in [9.17, 15) is 4.79 Å². The standard InChI is InChI=1S/C14H29O2Si/c1-5-6-7-8-9-10-11-12-13(17(3)4)14(15)16-2/h13H,5-12H2,1-4H3. The molecule has 1 radical (unpaired) electrons. The molecule has 17 heavy (non-hydrogen) atoms. The largest absolute Gasteiger partial charge is 0.469 e. The molecular weight excluding hydrogens is 228 g/mol. The summed E-state index contributed by atoms with van der Waals surface area (Å²) in [6, 6.07) is 0. The van der Waals surface area contributed by atoms with E-state index in [1.165, 1.54) is 52.1 Å². The van der Waals surface area contributed by atoms with Crippen molar-refractivity contribution in [2.75, 3.05) is 7.11 Å². The summed E-state index contributed by atoms with van der Waals surface area (Å²) in [4.78, 5) is 11.6. The highest BCUT2D eigenvalue weighted by Gasteiger charge is 2.23. The van der Waals surface area contributed by atoms with E-state index in [2.05, 4.69) is 20.0 Å². The van der Waals surface area contributed by atoms with Gasteiger partial charge in [0.15, 0.2) is 0 Å². The Balaban J connectivity index is 3.58. The summed E-state index contributed by atoms with van der Waals surface area (Å²) in [6.07, 6.45) is 10.2. The Morgan fingerprint density at radius 2 is 1.59 bits per heavy atom. The number of methoxy groups -OCH3 is 1. The third kappa shape index (κ3) is 8.42. The van der Waals surface area contributed by atoms with Crippen LogP contribution in [-0.4, -0.2) is 21.9 Å². The average molecular weight is 257 g/mol. The lowest BCUT2D eigenvalue weighted by Crippen LogP contribution is -2.22. The molecule has 0 aromatic rings. The fourth-order valence-corrected chi connectivity index (χ4v) is 3.46. The summed E-state index contributed by atoms with van der Waals surface area (Å²) in [6.45, 7) is 6.65. The average Bonchev–Trinajstić information content (AvgIpc) is 2.31. The summed E-state index contributed by atoms with van der Waals surface area (Å²) >= 11 is 0. The van der Waals surface area contributed by atoms with E-state index in [0.29, 0.717) is 0 Å². The minimum atomic E-state index is -0.560. The summed E-state index contributed by atoms with van der Waals surface area (Å²) in [5.74, 6) is 0.00914. The van der Waals surface area contributed by atoms with Crippen molar-refractivity contribution in [1.82, 2.24) is 0 Å². The molecule has 0 N–H and O–H groups in total. The van der Waals surface area contributed by atoms with Gasteiger partial charge in [0.2, 0.25) is 0 Å². The van der Waals surface area contributed by atoms with Crippen LogP contribution in [0.3, 0.4) is 0 Å². The van der Waals surface area contributed by atoms with Crippen molar-refractivity contribution in [1.29, 1.82) is 0 Å². The van der Waals surface area contributed by atoms with Gasteiger partial charge in [-0.2, -0.15) is 0 Å². The number of carbonyl (C=O) groups excluding carboxylic acids is 1. The zero-order valence-corrected chi connectivity index (χ0v) is 13.1. The van der Waals surface area contributed by atoms with Crippen molar-refractivity contribution >= 4 is 14.8 Å². The van der Waals surface area contributed by atoms with Crippen LogP contribution in [0.2, 0.25) is 18.6 Å². The van der Waals surface area contributed by atoms with Crippen molar-refractivity contribution in [2.45, 2.75) is 76.9 Å². The highest BCUT2D eigenvalue weighted by molar-refractivity contribution is 6.61. The van der Waals surface area contributed by atoms with Crippen LogP contribution >= 0.6 is 0 Å². The molecule has 0 aromatic heterocycles. The molecule has 0 spiro atoms. The topological polar surface area (TPSA) is 26.3 Å². The monoisotopic (exact) mass is 257 g/mol. The second kappa shape index (κ2) is 10.8. The maximum atomic E-state index is 11.6. The lowest BCUT2D eigenvalue weighted by molar-refractivity contribution is -0.140. The molecule has 3 heteroatoms. The third-order valence-corrected chi connectivity index (χ3v) is 5.20. The van der Waals surface area contributed by atoms with Crippen molar-refractivity contribution in [2.24, 2.45) is 0 Å². The molecule has 101 valence electrons. The second-order valence-corrected chi connectivity index (χ2v) is 7.91. The van der Waals surface area contributed by atoms with Gasteiger partial charge < -0.3 is 4.74 Å². The highest BCUT2D eigenvalue weighted by atomic mass is 28.3. The minimum absolute atomic E-state index is 0.00914. The fourth-order valence-electron chi connectivity index (χ4n) is 2.09. The second-order valence-electron chi connectivity index (χ2n) is 5.06. The van der Waals surface area contributed by atoms with E-state index < -0.39 is 8.80 Å². The van der Waals surface area contributed by atoms with Gasteiger partial charge in [-0.15, -0.1) is 0 Å². The Labute approximate surface area is 109 Å². The van der Waals surface area contributed by atoms with Gasteiger partial charge in [0.1, 0.15) is 0 Å². The van der Waals surface area contributed by atoms with E-state index in [1.54, 1.807) is 0 Å². The quantitative estimate of drug-likeness (QED) is 0.329. The predicted molar refractivity (Wildman–Crippen MR) is 75.9 cm³/mol. The molecule has 0 bridgehead atoms. The van der Waals surface area contributed by atoms with Gasteiger partial charge in [-0.3, -0.25) is 4.79 Å². The molecule has 1 atom stereocenters. The first-order valence-corrected chi connectivity index (χ1v) is 9.59. The Morgan fingerprint density at radius 1 is 1.06 bits per heavy atom. The van der Waals surface area contributed by atoms with Crippen LogP contribution in [0.25, 0.3) is 0 Å². The summed E-state index contributed by atoms with van der Waals surface area (Å²) < 4.78 is 4.87. The molecule has 0 amide bonds. The number of esters is 1. The van der Waals surface area contributed by atoms with E-state index >= 15 is 0 Å². The zero-order chi connectivity index (χ0) is 13.1. The molecule has 0 fully saturated rings. The molecule has 1 unspecified atom stereocenters. The van der Waals surface area contributed by atoms with E-state index in [-0.39, 0.29) is 11.5 Å². The molecule has 0 aliphatic rings. The van der Waals surface area contributed by atoms with Crippen molar-refractivity contribution < 1.29 is 9.53 Å². The number of hydrogen-bond acceptors (Lipinski definition) is 2. The lowest BCUT2D eigenvalue weighted by atomic mass is 10.1. The maximum absolute atomic E-state index is 11.6. The molecule has 0 aliphatic carbocycles. The van der Waals surface area contributed by atoms with Gasteiger partial charge in [0, 0.05) is 5.54 Å². The van der Waals surface area contributed by atoms with Crippen LogP contribution in [0.1, 0.15) is 58.3 Å². The van der Waals surface area contributed by atoms with Crippen molar-refractivity contribution in [3.05, 3.63) is 0 Å². The van der Waals surface area contributed by atoms with Gasteiger partial charge in [-0.25, -0.2) is 0 Å². The zero-order valence-electron chi connectivity index (χ0n) is 12.1. The minimum Gasteiger partial charge on any atom is -0.469 e. The van der Waals surface area contributed by atoms with E-state index in [0.717, 1.165) is 6.42 Å². The SMILES string of the molecule is CCCCCCCCCC(C(=O)OC)[Si](C)C. The predicted octanol–water partition coefficient (Wildman–Crippen LogP) is 4.42. The third-order valence-electron chi connectivity index (χ3n) is 3.28. The van der Waals surface area contributed by atoms with Crippen molar-refractivity contribution in [3.63, 3.8) is 0 Å². The Kier molecular flexibility index (Phi) is 10.6. The van der Waals surface area contributed by atoms with Crippen LogP contribution in [0.5, 0.6) is 0 Å².